The van der Waals surface area contributed by atoms with Crippen molar-refractivity contribution in [2.45, 2.75) is 6.54 Å². The highest BCUT2D eigenvalue weighted by molar-refractivity contribution is 5.59. The monoisotopic (exact) mass is 286 g/mol. The molecule has 21 heavy (non-hydrogen) atoms. The van der Waals surface area contributed by atoms with Crippen molar-refractivity contribution in [2.75, 3.05) is 5.73 Å². The van der Waals surface area contributed by atoms with Crippen LogP contribution in [0.2, 0.25) is 0 Å². The van der Waals surface area contributed by atoms with Crippen LogP contribution in [0.5, 0.6) is 0 Å². The van der Waals surface area contributed by atoms with E-state index in [1.807, 2.05) is 10.6 Å². The van der Waals surface area contributed by atoms with Crippen LogP contribution < -0.4 is 5.73 Å². The van der Waals surface area contributed by atoms with Gasteiger partial charge in [-0.2, -0.15) is 0 Å². The molecule has 0 amide bonds. The summed E-state index contributed by atoms with van der Waals surface area (Å²) in [5.74, 6) is -1.28. The highest BCUT2D eigenvalue weighted by atomic mass is 19.2. The first-order valence-electron chi connectivity index (χ1n) is 6.29. The Bertz CT molecular complexity index is 766. The van der Waals surface area contributed by atoms with Crippen LogP contribution in [0.4, 0.5) is 14.6 Å². The minimum Gasteiger partial charge on any atom is -0.384 e. The Morgan fingerprint density at radius 2 is 1.90 bits per heavy atom. The third-order valence-corrected chi connectivity index (χ3v) is 3.13. The second kappa shape index (κ2) is 5.32. The Balaban J connectivity index is 1.92. The zero-order valence-corrected chi connectivity index (χ0v) is 11.0. The summed E-state index contributed by atoms with van der Waals surface area (Å²) in [6, 6.07) is 7.38. The topological polar surface area (TPSA) is 56.7 Å². The maximum absolute atomic E-state index is 13.3. The predicted molar refractivity (Wildman–Crippen MR) is 75.3 cm³/mol. The maximum atomic E-state index is 13.3. The molecule has 0 aliphatic carbocycles. The molecule has 3 aromatic rings. The summed E-state index contributed by atoms with van der Waals surface area (Å²) >= 11 is 0. The SMILES string of the molecule is Nc1ccc(-c2cncn2Cc2ccc(F)c(F)c2)cn1. The molecule has 106 valence electrons. The van der Waals surface area contributed by atoms with Crippen molar-refractivity contribution in [3.05, 3.63) is 66.3 Å². The summed E-state index contributed by atoms with van der Waals surface area (Å²) in [6.07, 6.45) is 4.97. The van der Waals surface area contributed by atoms with Crippen molar-refractivity contribution in [1.82, 2.24) is 14.5 Å². The molecule has 2 N–H and O–H groups in total. The molecule has 0 spiro atoms. The molecule has 3 rings (SSSR count). The van der Waals surface area contributed by atoms with E-state index in [0.29, 0.717) is 17.9 Å². The third-order valence-electron chi connectivity index (χ3n) is 3.13. The maximum Gasteiger partial charge on any atom is 0.159 e. The molecule has 0 fully saturated rings. The van der Waals surface area contributed by atoms with Gasteiger partial charge in [0.05, 0.1) is 18.2 Å². The number of anilines is 1. The molecular weight excluding hydrogens is 274 g/mol. The fraction of sp³-hybridized carbons (Fsp3) is 0.0667. The number of rotatable bonds is 3. The molecular formula is C15H12F2N4. The number of imidazole rings is 1. The molecule has 0 saturated heterocycles. The molecule has 0 aliphatic rings. The molecule has 0 radical (unpaired) electrons. The molecule has 2 aromatic heterocycles. The highest BCUT2D eigenvalue weighted by Gasteiger charge is 2.08. The lowest BCUT2D eigenvalue weighted by Gasteiger charge is -2.08. The van der Waals surface area contributed by atoms with Gasteiger partial charge < -0.3 is 10.3 Å². The van der Waals surface area contributed by atoms with E-state index in [9.17, 15) is 8.78 Å². The van der Waals surface area contributed by atoms with E-state index >= 15 is 0 Å². The summed E-state index contributed by atoms with van der Waals surface area (Å²) < 4.78 is 28.0. The lowest BCUT2D eigenvalue weighted by molar-refractivity contribution is 0.506. The second-order valence-corrected chi connectivity index (χ2v) is 4.63. The average Bonchev–Trinajstić information content (AvgIpc) is 2.92. The summed E-state index contributed by atoms with van der Waals surface area (Å²) in [4.78, 5) is 8.13. The number of hydrogen-bond donors (Lipinski definition) is 1. The number of nitrogens with zero attached hydrogens (tertiary/aromatic N) is 3. The Hall–Kier alpha value is -2.76. The van der Waals surface area contributed by atoms with E-state index in [4.69, 9.17) is 5.73 Å². The van der Waals surface area contributed by atoms with Crippen LogP contribution in [0.15, 0.2) is 49.1 Å². The number of benzene rings is 1. The zero-order chi connectivity index (χ0) is 14.8. The van der Waals surface area contributed by atoms with E-state index in [0.717, 1.165) is 17.3 Å². The van der Waals surface area contributed by atoms with Crippen molar-refractivity contribution in [2.24, 2.45) is 0 Å². The van der Waals surface area contributed by atoms with E-state index in [1.165, 1.54) is 6.07 Å². The molecule has 6 heteroatoms. The standard InChI is InChI=1S/C15H12F2N4/c16-12-3-1-10(5-13(12)17)8-21-9-19-7-14(21)11-2-4-15(18)20-6-11/h1-7,9H,8H2,(H2,18,20). The first-order valence-corrected chi connectivity index (χ1v) is 6.29. The number of nitrogen functional groups attached to an aromatic ring is 1. The van der Waals surface area contributed by atoms with Crippen molar-refractivity contribution in [3.63, 3.8) is 0 Å². The molecule has 1 aromatic carbocycles. The molecule has 2 heterocycles. The molecule has 0 atom stereocenters. The lowest BCUT2D eigenvalue weighted by atomic mass is 10.2. The van der Waals surface area contributed by atoms with Crippen LogP contribution >= 0.6 is 0 Å². The predicted octanol–water partition coefficient (Wildman–Crippen LogP) is 2.85. The Kier molecular flexibility index (Phi) is 3.35. The van der Waals surface area contributed by atoms with E-state index in [1.54, 1.807) is 30.9 Å². The number of aromatic nitrogens is 3. The minimum atomic E-state index is -0.858. The van der Waals surface area contributed by atoms with Crippen molar-refractivity contribution in [3.8, 4) is 11.3 Å². The molecule has 0 unspecified atom stereocenters. The first kappa shape index (κ1) is 13.2. The van der Waals surface area contributed by atoms with Gasteiger partial charge in [-0.1, -0.05) is 6.07 Å². The van der Waals surface area contributed by atoms with Gasteiger partial charge in [0.15, 0.2) is 11.6 Å². The average molecular weight is 286 g/mol. The van der Waals surface area contributed by atoms with Crippen LogP contribution in [0.25, 0.3) is 11.3 Å². The van der Waals surface area contributed by atoms with Gasteiger partial charge in [0.2, 0.25) is 0 Å². The number of nitrogens with two attached hydrogens (primary N) is 1. The largest absolute Gasteiger partial charge is 0.384 e. The summed E-state index contributed by atoms with van der Waals surface area (Å²) in [7, 11) is 0. The third kappa shape index (κ3) is 2.74. The number of pyridine rings is 1. The van der Waals surface area contributed by atoms with Gasteiger partial charge in [-0.25, -0.2) is 18.7 Å². The number of halogens is 2. The van der Waals surface area contributed by atoms with Gasteiger partial charge in [0.1, 0.15) is 5.82 Å². The van der Waals surface area contributed by atoms with E-state index < -0.39 is 11.6 Å². The van der Waals surface area contributed by atoms with E-state index in [-0.39, 0.29) is 0 Å². The summed E-state index contributed by atoms with van der Waals surface area (Å²) in [5, 5.41) is 0. The van der Waals surface area contributed by atoms with Gasteiger partial charge >= 0.3 is 0 Å². The quantitative estimate of drug-likeness (QED) is 0.805. The van der Waals surface area contributed by atoms with Gasteiger partial charge in [-0.15, -0.1) is 0 Å². The zero-order valence-electron chi connectivity index (χ0n) is 11.0. The van der Waals surface area contributed by atoms with Crippen LogP contribution in [0.3, 0.4) is 0 Å². The molecule has 0 aliphatic heterocycles. The Morgan fingerprint density at radius 3 is 2.62 bits per heavy atom. The molecule has 0 bridgehead atoms. The normalized spacial score (nSPS) is 10.8. The van der Waals surface area contributed by atoms with Crippen LogP contribution in [0, 0.1) is 11.6 Å². The van der Waals surface area contributed by atoms with Crippen molar-refractivity contribution < 1.29 is 8.78 Å². The summed E-state index contributed by atoms with van der Waals surface area (Å²) in [5.41, 5.74) is 7.89. The van der Waals surface area contributed by atoms with E-state index in [2.05, 4.69) is 9.97 Å². The van der Waals surface area contributed by atoms with Gasteiger partial charge in [-0.05, 0) is 29.8 Å². The second-order valence-electron chi connectivity index (χ2n) is 4.63. The first-order chi connectivity index (χ1) is 10.1. The summed E-state index contributed by atoms with van der Waals surface area (Å²) in [6.45, 7) is 0.386. The van der Waals surface area contributed by atoms with Crippen LogP contribution in [-0.2, 0) is 6.54 Å². The van der Waals surface area contributed by atoms with Crippen molar-refractivity contribution in [1.29, 1.82) is 0 Å². The lowest BCUT2D eigenvalue weighted by Crippen LogP contribution is -2.02. The molecule has 4 nitrogen and oxygen atoms in total. The Labute approximate surface area is 119 Å². The number of hydrogen-bond acceptors (Lipinski definition) is 3. The smallest absolute Gasteiger partial charge is 0.159 e. The Morgan fingerprint density at radius 1 is 1.05 bits per heavy atom. The van der Waals surface area contributed by atoms with Crippen LogP contribution in [0.1, 0.15) is 5.56 Å². The van der Waals surface area contributed by atoms with Gasteiger partial charge in [0.25, 0.3) is 0 Å². The van der Waals surface area contributed by atoms with Crippen LogP contribution in [-0.4, -0.2) is 14.5 Å². The molecule has 0 saturated carbocycles. The minimum absolute atomic E-state index is 0.386. The van der Waals surface area contributed by atoms with Gasteiger partial charge in [-0.3, -0.25) is 0 Å². The van der Waals surface area contributed by atoms with Crippen molar-refractivity contribution >= 4 is 5.82 Å². The fourth-order valence-electron chi connectivity index (χ4n) is 2.08. The van der Waals surface area contributed by atoms with Gasteiger partial charge in [0, 0.05) is 18.3 Å². The fourth-order valence-corrected chi connectivity index (χ4v) is 2.08. The highest BCUT2D eigenvalue weighted by Crippen LogP contribution is 2.20.